The molecule has 1 aromatic carbocycles. The summed E-state index contributed by atoms with van der Waals surface area (Å²) < 4.78 is 27.1. The zero-order valence-electron chi connectivity index (χ0n) is 12.2. The minimum Gasteiger partial charge on any atom is -0.348 e. The summed E-state index contributed by atoms with van der Waals surface area (Å²) in [6, 6.07) is 9.34. The first-order chi connectivity index (χ1) is 10.4. The molecule has 1 atom stereocenters. The number of amides is 1. The van der Waals surface area contributed by atoms with Crippen LogP contribution in [0, 0.1) is 6.92 Å². The highest BCUT2D eigenvalue weighted by atomic mass is 79.9. The van der Waals surface area contributed by atoms with E-state index in [2.05, 4.69) is 26.3 Å². The number of hydrogen-bond donors (Lipinski definition) is 1. The van der Waals surface area contributed by atoms with Gasteiger partial charge in [-0.15, -0.1) is 0 Å². The Balaban J connectivity index is 2.05. The van der Waals surface area contributed by atoms with Crippen molar-refractivity contribution < 1.29 is 13.6 Å². The van der Waals surface area contributed by atoms with Crippen molar-refractivity contribution in [1.82, 2.24) is 15.1 Å². The summed E-state index contributed by atoms with van der Waals surface area (Å²) >= 11 is 3.08. The van der Waals surface area contributed by atoms with E-state index < -0.39 is 6.43 Å². The fraction of sp³-hybridized carbons (Fsp3) is 0.333. The number of halogens is 3. The van der Waals surface area contributed by atoms with Crippen LogP contribution in [0.3, 0.4) is 0 Å². The molecule has 0 aliphatic carbocycles. The molecule has 1 aromatic heterocycles. The number of rotatable bonds is 5. The van der Waals surface area contributed by atoms with E-state index in [0.29, 0.717) is 5.69 Å². The van der Waals surface area contributed by atoms with Crippen molar-refractivity contribution in [2.24, 2.45) is 0 Å². The van der Waals surface area contributed by atoms with Crippen LogP contribution in [0.1, 0.15) is 36.3 Å². The number of nitrogens with one attached hydrogen (secondary N) is 1. The van der Waals surface area contributed by atoms with Gasteiger partial charge >= 0.3 is 0 Å². The SMILES string of the molecule is Cc1c(Br)c(C(F)F)nn1CC(=O)NC(C)c1ccccc1. The van der Waals surface area contributed by atoms with Crippen LogP contribution in [0.5, 0.6) is 0 Å². The van der Waals surface area contributed by atoms with E-state index in [-0.39, 0.29) is 28.7 Å². The smallest absolute Gasteiger partial charge is 0.283 e. The van der Waals surface area contributed by atoms with Gasteiger partial charge in [0, 0.05) is 0 Å². The zero-order chi connectivity index (χ0) is 16.3. The van der Waals surface area contributed by atoms with Gasteiger partial charge in [0.2, 0.25) is 5.91 Å². The number of hydrogen-bond acceptors (Lipinski definition) is 2. The molecule has 1 amide bonds. The maximum atomic E-state index is 12.8. The van der Waals surface area contributed by atoms with Crippen LogP contribution < -0.4 is 5.32 Å². The van der Waals surface area contributed by atoms with Crippen LogP contribution in [0.4, 0.5) is 8.78 Å². The second-order valence-corrected chi connectivity index (χ2v) is 5.74. The van der Waals surface area contributed by atoms with E-state index in [4.69, 9.17) is 0 Å². The molecular weight excluding hydrogens is 356 g/mol. The molecule has 0 fully saturated rings. The standard InChI is InChI=1S/C15H16BrF2N3O/c1-9(11-6-4-3-5-7-11)19-12(22)8-21-10(2)13(16)14(20-21)15(17)18/h3-7,9,15H,8H2,1-2H3,(H,19,22). The minimum atomic E-state index is -2.68. The molecule has 118 valence electrons. The lowest BCUT2D eigenvalue weighted by Crippen LogP contribution is -2.30. The largest absolute Gasteiger partial charge is 0.348 e. The number of benzene rings is 1. The fourth-order valence-corrected chi connectivity index (χ4v) is 2.55. The molecule has 4 nitrogen and oxygen atoms in total. The van der Waals surface area contributed by atoms with Crippen LogP contribution in [-0.2, 0) is 11.3 Å². The Morgan fingerprint density at radius 2 is 2.00 bits per heavy atom. The second kappa shape index (κ2) is 7.00. The summed E-state index contributed by atoms with van der Waals surface area (Å²) in [4.78, 5) is 12.1. The average Bonchev–Trinajstić information content (AvgIpc) is 2.76. The Morgan fingerprint density at radius 3 is 2.55 bits per heavy atom. The van der Waals surface area contributed by atoms with Crippen molar-refractivity contribution in [1.29, 1.82) is 0 Å². The lowest BCUT2D eigenvalue weighted by atomic mass is 10.1. The highest BCUT2D eigenvalue weighted by Crippen LogP contribution is 2.28. The molecule has 0 spiro atoms. The van der Waals surface area contributed by atoms with Gasteiger partial charge in [0.05, 0.1) is 16.2 Å². The Morgan fingerprint density at radius 1 is 1.36 bits per heavy atom. The summed E-state index contributed by atoms with van der Waals surface area (Å²) in [5, 5.41) is 6.62. The molecule has 1 N–H and O–H groups in total. The third kappa shape index (κ3) is 3.71. The van der Waals surface area contributed by atoms with Crippen molar-refractivity contribution >= 4 is 21.8 Å². The van der Waals surface area contributed by atoms with Gasteiger partial charge in [-0.2, -0.15) is 5.10 Å². The summed E-state index contributed by atoms with van der Waals surface area (Å²) in [5.74, 6) is -0.282. The Labute approximate surface area is 135 Å². The van der Waals surface area contributed by atoms with Gasteiger partial charge in [0.15, 0.2) is 0 Å². The number of carbonyl (C=O) groups is 1. The van der Waals surface area contributed by atoms with Crippen molar-refractivity contribution in [2.75, 3.05) is 0 Å². The minimum absolute atomic E-state index is 0.103. The molecule has 2 aromatic rings. The monoisotopic (exact) mass is 371 g/mol. The van der Waals surface area contributed by atoms with E-state index >= 15 is 0 Å². The quantitative estimate of drug-likeness (QED) is 0.869. The van der Waals surface area contributed by atoms with Crippen molar-refractivity contribution in [3.05, 3.63) is 51.8 Å². The topological polar surface area (TPSA) is 46.9 Å². The van der Waals surface area contributed by atoms with Crippen LogP contribution in [-0.4, -0.2) is 15.7 Å². The Kier molecular flexibility index (Phi) is 5.28. The summed E-state index contributed by atoms with van der Waals surface area (Å²) in [6.45, 7) is 3.40. The lowest BCUT2D eigenvalue weighted by molar-refractivity contribution is -0.122. The molecule has 0 saturated heterocycles. The van der Waals surface area contributed by atoms with Gasteiger partial charge in [-0.05, 0) is 35.3 Å². The number of alkyl halides is 2. The lowest BCUT2D eigenvalue weighted by Gasteiger charge is -2.14. The molecular formula is C15H16BrF2N3O. The molecule has 2 rings (SSSR count). The fourth-order valence-electron chi connectivity index (χ4n) is 2.09. The highest BCUT2D eigenvalue weighted by molar-refractivity contribution is 9.10. The first-order valence-electron chi connectivity index (χ1n) is 6.75. The first-order valence-corrected chi connectivity index (χ1v) is 7.54. The van der Waals surface area contributed by atoms with E-state index in [0.717, 1.165) is 5.56 Å². The van der Waals surface area contributed by atoms with Crippen molar-refractivity contribution in [2.45, 2.75) is 32.9 Å². The highest BCUT2D eigenvalue weighted by Gasteiger charge is 2.21. The van der Waals surface area contributed by atoms with Crippen LogP contribution in [0.15, 0.2) is 34.8 Å². The molecule has 7 heteroatoms. The van der Waals surface area contributed by atoms with Gasteiger partial charge in [0.1, 0.15) is 12.2 Å². The average molecular weight is 372 g/mol. The molecule has 0 aliphatic heterocycles. The maximum absolute atomic E-state index is 12.8. The molecule has 22 heavy (non-hydrogen) atoms. The van der Waals surface area contributed by atoms with Crippen LogP contribution in [0.25, 0.3) is 0 Å². The summed E-state index contributed by atoms with van der Waals surface area (Å²) in [6.07, 6.45) is -2.68. The summed E-state index contributed by atoms with van der Waals surface area (Å²) in [5.41, 5.74) is 1.13. The van der Waals surface area contributed by atoms with Crippen LogP contribution >= 0.6 is 15.9 Å². The van der Waals surface area contributed by atoms with E-state index in [1.807, 2.05) is 37.3 Å². The zero-order valence-corrected chi connectivity index (χ0v) is 13.8. The summed E-state index contributed by atoms with van der Waals surface area (Å²) in [7, 11) is 0. The second-order valence-electron chi connectivity index (χ2n) is 4.94. The van der Waals surface area contributed by atoms with Gasteiger partial charge in [0.25, 0.3) is 6.43 Å². The predicted octanol–water partition coefficient (Wildman–Crippen LogP) is 3.77. The maximum Gasteiger partial charge on any atom is 0.283 e. The molecule has 1 heterocycles. The van der Waals surface area contributed by atoms with E-state index in [9.17, 15) is 13.6 Å². The Hall–Kier alpha value is -1.76. The van der Waals surface area contributed by atoms with Crippen molar-refractivity contribution in [3.8, 4) is 0 Å². The molecule has 0 aliphatic rings. The molecule has 0 saturated carbocycles. The molecule has 1 unspecified atom stereocenters. The van der Waals surface area contributed by atoms with Gasteiger partial charge < -0.3 is 5.32 Å². The van der Waals surface area contributed by atoms with E-state index in [1.165, 1.54) is 4.68 Å². The van der Waals surface area contributed by atoms with Gasteiger partial charge in [-0.1, -0.05) is 30.3 Å². The molecule has 0 radical (unpaired) electrons. The van der Waals surface area contributed by atoms with Gasteiger partial charge in [-0.25, -0.2) is 8.78 Å². The third-order valence-corrected chi connectivity index (χ3v) is 4.32. The number of carbonyl (C=O) groups excluding carboxylic acids is 1. The Bertz CT molecular complexity index is 658. The van der Waals surface area contributed by atoms with Gasteiger partial charge in [-0.3, -0.25) is 9.48 Å². The van der Waals surface area contributed by atoms with Crippen LogP contribution in [0.2, 0.25) is 0 Å². The normalized spacial score (nSPS) is 12.5. The predicted molar refractivity (Wildman–Crippen MR) is 82.6 cm³/mol. The first kappa shape index (κ1) is 16.6. The van der Waals surface area contributed by atoms with E-state index in [1.54, 1.807) is 6.92 Å². The third-order valence-electron chi connectivity index (χ3n) is 3.34. The molecule has 0 bridgehead atoms. The van der Waals surface area contributed by atoms with Crippen molar-refractivity contribution in [3.63, 3.8) is 0 Å². The number of aromatic nitrogens is 2. The number of nitrogens with zero attached hydrogens (tertiary/aromatic N) is 2.